The minimum absolute atomic E-state index is 0.00128. The van der Waals surface area contributed by atoms with Crippen LogP contribution in [0.5, 0.6) is 0 Å². The number of amides is 8. The normalized spacial score (nSPS) is 14.6. The zero-order valence-electron chi connectivity index (χ0n) is 48.3. The molecule has 0 heterocycles. The number of rotatable bonds is 37. The van der Waals surface area contributed by atoms with Gasteiger partial charge in [-0.1, -0.05) is 59.7 Å². The van der Waals surface area contributed by atoms with Crippen LogP contribution < -0.4 is 64.6 Å². The lowest BCUT2D eigenvalue weighted by atomic mass is 9.98. The molecule has 0 aromatic heterocycles. The fourth-order valence-electron chi connectivity index (χ4n) is 8.05. The summed E-state index contributed by atoms with van der Waals surface area (Å²) in [4.78, 5) is 139. The molecule has 8 amide bonds. The maximum absolute atomic E-state index is 14.1. The lowest BCUT2D eigenvalue weighted by molar-refractivity contribution is -0.143. The number of nitrogens with one attached hydrogen (secondary N) is 8. The smallest absolute Gasteiger partial charge is 0.328 e. The van der Waals surface area contributed by atoms with E-state index >= 15 is 0 Å². The molecule has 2 rings (SSSR count). The number of aliphatic hydroxyl groups excluding tert-OH is 3. The predicted molar refractivity (Wildman–Crippen MR) is 311 cm³/mol. The van der Waals surface area contributed by atoms with E-state index in [0.29, 0.717) is 11.3 Å². The number of nitrogens with two attached hydrogens (primary N) is 3. The third-order valence-electron chi connectivity index (χ3n) is 12.5. The topological polar surface area (TPSA) is 442 Å². The highest BCUT2D eigenvalue weighted by Gasteiger charge is 2.35. The molecule has 2 aromatic rings. The van der Waals surface area contributed by atoms with Gasteiger partial charge in [-0.2, -0.15) is 11.8 Å². The van der Waals surface area contributed by atoms with Gasteiger partial charge in [0.25, 0.3) is 0 Å². The van der Waals surface area contributed by atoms with Crippen LogP contribution in [0.2, 0.25) is 0 Å². The first-order valence-corrected chi connectivity index (χ1v) is 28.3. The number of benzene rings is 2. The maximum Gasteiger partial charge on any atom is 0.328 e. The van der Waals surface area contributed by atoms with Gasteiger partial charge < -0.3 is 85.1 Å². The van der Waals surface area contributed by atoms with E-state index in [1.165, 1.54) is 18.7 Å². The maximum atomic E-state index is 14.1. The SMILES string of the molecule is CC(C)C[C@H](NC(=O)[C@H](CC(C)C)NC(=O)[C@H](CC(C)C)NC(=O)[C@H](CO)NC(=O)[C@H](CCCN=C(N)N)NC(=O)[C@H](C)NC(=O)[C@@H](N)CSCCC(=O)c1ccc2cc(N(C)C)ccc2c1)C(=O)N[C@@H](CO)C(=O)N[C@@H](CO)C(=O)O. The molecular weight excluding hydrogens is 1090 g/mol. The second-order valence-corrected chi connectivity index (χ2v) is 22.5. The van der Waals surface area contributed by atoms with Gasteiger partial charge in [0.1, 0.15) is 48.3 Å². The van der Waals surface area contributed by atoms with Crippen LogP contribution in [0.15, 0.2) is 41.4 Å². The van der Waals surface area contributed by atoms with Gasteiger partial charge in [-0.3, -0.25) is 48.1 Å². The van der Waals surface area contributed by atoms with E-state index in [-0.39, 0.29) is 80.3 Å². The molecule has 9 atom stereocenters. The molecule has 0 radical (unpaired) electrons. The molecule has 0 aliphatic carbocycles. The molecule has 27 nitrogen and oxygen atoms in total. The van der Waals surface area contributed by atoms with Crippen LogP contribution >= 0.6 is 11.8 Å². The average Bonchev–Trinajstić information content (AvgIpc) is 3.56. The number of nitrogens with zero attached hydrogens (tertiary/aromatic N) is 2. The lowest BCUT2D eigenvalue weighted by Crippen LogP contribution is -2.61. The van der Waals surface area contributed by atoms with Crippen LogP contribution in [-0.4, -0.2) is 192 Å². The van der Waals surface area contributed by atoms with E-state index in [9.17, 15) is 68.4 Å². The monoisotopic (exact) mass is 1170 g/mol. The van der Waals surface area contributed by atoms with Crippen molar-refractivity contribution in [2.45, 2.75) is 141 Å². The summed E-state index contributed by atoms with van der Waals surface area (Å²) in [5, 5.41) is 60.3. The Morgan fingerprint density at radius 2 is 0.963 bits per heavy atom. The summed E-state index contributed by atoms with van der Waals surface area (Å²) in [7, 11) is 3.89. The molecule has 0 aliphatic heterocycles. The van der Waals surface area contributed by atoms with Crippen LogP contribution in [0.4, 0.5) is 5.69 Å². The van der Waals surface area contributed by atoms with E-state index in [1.807, 2.05) is 54.6 Å². The number of carboxylic acid groups (broad SMARTS) is 1. The second kappa shape index (κ2) is 35.7. The fourth-order valence-corrected chi connectivity index (χ4v) is 8.95. The van der Waals surface area contributed by atoms with Gasteiger partial charge in [-0.25, -0.2) is 4.79 Å². The second-order valence-electron chi connectivity index (χ2n) is 21.4. The molecular formula is C54H87N13O14S. The Morgan fingerprint density at radius 3 is 1.40 bits per heavy atom. The van der Waals surface area contributed by atoms with Gasteiger partial charge in [0, 0.05) is 49.8 Å². The van der Waals surface area contributed by atoms with E-state index < -0.39 is 127 Å². The van der Waals surface area contributed by atoms with Gasteiger partial charge in [0.05, 0.1) is 25.9 Å². The number of aliphatic carboxylic acids is 1. The number of aliphatic hydroxyl groups is 3. The zero-order valence-corrected chi connectivity index (χ0v) is 49.1. The molecule has 28 heteroatoms. The number of Topliss-reactive ketones (excluding diaryl/α,β-unsaturated/α-hetero) is 1. The first kappa shape index (κ1) is 71.0. The van der Waals surface area contributed by atoms with Crippen molar-refractivity contribution in [2.75, 3.05) is 56.9 Å². The number of aliphatic imine (C=N–C) groups is 1. The van der Waals surface area contributed by atoms with E-state index in [1.54, 1.807) is 47.6 Å². The predicted octanol–water partition coefficient (Wildman–Crippen LogP) is -2.31. The van der Waals surface area contributed by atoms with Gasteiger partial charge in [0.2, 0.25) is 47.3 Å². The number of thioether (sulfide) groups is 1. The Kier molecular flexibility index (Phi) is 30.9. The lowest BCUT2D eigenvalue weighted by Gasteiger charge is -2.29. The summed E-state index contributed by atoms with van der Waals surface area (Å²) in [6, 6.07) is -1.28. The van der Waals surface area contributed by atoms with E-state index in [4.69, 9.17) is 17.2 Å². The van der Waals surface area contributed by atoms with Gasteiger partial charge in [-0.15, -0.1) is 0 Å². The summed E-state index contributed by atoms with van der Waals surface area (Å²) in [6.45, 7) is 9.00. The minimum Gasteiger partial charge on any atom is -0.480 e. The summed E-state index contributed by atoms with van der Waals surface area (Å²) in [6.07, 6.45) is 0.289. The van der Waals surface area contributed by atoms with Crippen molar-refractivity contribution in [3.63, 3.8) is 0 Å². The van der Waals surface area contributed by atoms with Crippen molar-refractivity contribution < 1.29 is 68.4 Å². The van der Waals surface area contributed by atoms with E-state index in [2.05, 4.69) is 42.2 Å². The third-order valence-corrected chi connectivity index (χ3v) is 13.6. The Bertz CT molecular complexity index is 2530. The zero-order chi connectivity index (χ0) is 62.0. The molecule has 82 heavy (non-hydrogen) atoms. The molecule has 18 N–H and O–H groups in total. The summed E-state index contributed by atoms with van der Waals surface area (Å²) >= 11 is 1.29. The molecule has 0 saturated carbocycles. The summed E-state index contributed by atoms with van der Waals surface area (Å²) < 4.78 is 0. The average molecular weight is 1170 g/mol. The van der Waals surface area contributed by atoms with Crippen LogP contribution in [0.25, 0.3) is 10.8 Å². The highest BCUT2D eigenvalue weighted by atomic mass is 32.2. The Balaban J connectivity index is 2.17. The van der Waals surface area contributed by atoms with Gasteiger partial charge in [-0.05, 0) is 85.8 Å². The Morgan fingerprint density at radius 1 is 0.549 bits per heavy atom. The van der Waals surface area contributed by atoms with Crippen LogP contribution in [0, 0.1) is 17.8 Å². The molecule has 458 valence electrons. The molecule has 0 saturated heterocycles. The molecule has 0 unspecified atom stereocenters. The number of carbonyl (C=O) groups excluding carboxylic acids is 9. The van der Waals surface area contributed by atoms with Crippen molar-refractivity contribution in [2.24, 2.45) is 39.9 Å². The number of fused-ring (bicyclic) bond motifs is 1. The summed E-state index contributed by atoms with van der Waals surface area (Å²) in [5.41, 5.74) is 18.7. The summed E-state index contributed by atoms with van der Waals surface area (Å²) in [5.74, 6) is -9.21. The van der Waals surface area contributed by atoms with Crippen LogP contribution in [-0.2, 0) is 43.2 Å². The van der Waals surface area contributed by atoms with Crippen molar-refractivity contribution in [3.8, 4) is 0 Å². The van der Waals surface area contributed by atoms with Crippen LogP contribution in [0.1, 0.15) is 97.3 Å². The van der Waals surface area contributed by atoms with Crippen LogP contribution in [0.3, 0.4) is 0 Å². The van der Waals surface area contributed by atoms with Crippen molar-refractivity contribution >= 4 is 93.2 Å². The highest BCUT2D eigenvalue weighted by molar-refractivity contribution is 7.99. The molecule has 2 aromatic carbocycles. The number of carboxylic acids is 1. The number of carbonyl (C=O) groups is 10. The first-order chi connectivity index (χ1) is 38.5. The number of anilines is 1. The van der Waals surface area contributed by atoms with Crippen molar-refractivity contribution in [3.05, 3.63) is 42.0 Å². The van der Waals surface area contributed by atoms with Crippen molar-refractivity contribution in [1.82, 2.24) is 42.5 Å². The Labute approximate surface area is 482 Å². The molecule has 0 spiro atoms. The van der Waals surface area contributed by atoms with E-state index in [0.717, 1.165) is 16.5 Å². The molecule has 0 fully saturated rings. The highest BCUT2D eigenvalue weighted by Crippen LogP contribution is 2.23. The largest absolute Gasteiger partial charge is 0.480 e. The standard InChI is InChI=1S/C54H87N13O14S/c1-28(2)19-38(48(75)62-40(21-30(5)6)50(77)65-42(25-69)52(79)66-43(26-70)53(80)81)61-49(76)39(20-29(3)4)63-51(78)41(24-68)64-47(74)37(11-10-17-58-54(56)57)60-45(72)31(7)59-46(73)36(55)27-82-18-16-44(71)34-13-12-33-23-35(67(8)9)15-14-32(33)22-34/h12-15,22-23,28-31,36-43,68-70H,10-11,16-21,24-27,55H2,1-9H3,(H,59,73)(H,60,72)(H,61,76)(H,62,75)(H,63,78)(H,64,74)(H,65,77)(H,66,79)(H,80,81)(H4,56,57,58)/t31-,36-,37-,38-,39-,40-,41-,42-,43-/m0/s1. The first-order valence-electron chi connectivity index (χ1n) is 27.1. The third kappa shape index (κ3) is 24.9. The number of ketones is 1. The quantitative estimate of drug-likeness (QED) is 0.0146. The van der Waals surface area contributed by atoms with Crippen molar-refractivity contribution in [1.29, 1.82) is 0 Å². The fraction of sp³-hybridized carbons (Fsp3) is 0.611. The Hall–Kier alpha value is -7.14. The molecule has 0 bridgehead atoms. The van der Waals surface area contributed by atoms with Gasteiger partial charge in [0.15, 0.2) is 11.7 Å². The number of guanidine groups is 1. The minimum atomic E-state index is -1.73. The number of hydrogen-bond donors (Lipinski definition) is 15. The molecule has 0 aliphatic rings. The van der Waals surface area contributed by atoms with Gasteiger partial charge >= 0.3 is 5.97 Å². The number of hydrogen-bond acceptors (Lipinski definition) is 17.